The van der Waals surface area contributed by atoms with Crippen LogP contribution in [0.4, 0.5) is 0 Å². The monoisotopic (exact) mass is 196 g/mol. The van der Waals surface area contributed by atoms with E-state index < -0.39 is 17.4 Å². The largest absolute Gasteiger partial charge is 0.480 e. The third kappa shape index (κ3) is 0.882. The molecule has 0 spiro atoms. The average Bonchev–Trinajstić information content (AvgIpc) is 2.87. The van der Waals surface area contributed by atoms with Gasteiger partial charge in [-0.25, -0.2) is 0 Å². The molecule has 1 fully saturated rings. The Balaban J connectivity index is 2.32. The molecule has 0 bridgehead atoms. The Morgan fingerprint density at radius 1 is 1.57 bits per heavy atom. The molecule has 0 aromatic heterocycles. The summed E-state index contributed by atoms with van der Waals surface area (Å²) in [7, 11) is 1.24. The fourth-order valence-electron chi connectivity index (χ4n) is 2.55. The first-order valence-electron chi connectivity index (χ1n) is 4.64. The average molecular weight is 196 g/mol. The zero-order chi connectivity index (χ0) is 10.3. The lowest BCUT2D eigenvalue weighted by atomic mass is 10.0. The first-order chi connectivity index (χ1) is 6.65. The van der Waals surface area contributed by atoms with Crippen LogP contribution in [-0.4, -0.2) is 24.2 Å². The van der Waals surface area contributed by atoms with Crippen LogP contribution >= 0.6 is 0 Å². The van der Waals surface area contributed by atoms with Gasteiger partial charge in [-0.3, -0.25) is 9.59 Å². The van der Waals surface area contributed by atoms with E-state index in [-0.39, 0.29) is 11.8 Å². The number of allylic oxidation sites excluding steroid dienone is 2. The van der Waals surface area contributed by atoms with Crippen molar-refractivity contribution in [1.82, 2.24) is 0 Å². The number of rotatable bonds is 2. The lowest BCUT2D eigenvalue weighted by Gasteiger charge is -2.08. The number of carboxylic acids is 1. The van der Waals surface area contributed by atoms with E-state index in [1.165, 1.54) is 7.11 Å². The highest BCUT2D eigenvalue weighted by Gasteiger charge is 2.74. The highest BCUT2D eigenvalue weighted by atomic mass is 16.5. The molecule has 2 aliphatic rings. The Bertz CT molecular complexity index is 320. The molecule has 14 heavy (non-hydrogen) atoms. The summed E-state index contributed by atoms with van der Waals surface area (Å²) in [5.74, 6) is -1.86. The quantitative estimate of drug-likeness (QED) is 0.403. The molecule has 2 rings (SSSR count). The summed E-state index contributed by atoms with van der Waals surface area (Å²) in [5, 5.41) is 9.10. The van der Waals surface area contributed by atoms with E-state index in [0.717, 1.165) is 12.8 Å². The van der Waals surface area contributed by atoms with Crippen molar-refractivity contribution < 1.29 is 19.4 Å². The second kappa shape index (κ2) is 2.83. The van der Waals surface area contributed by atoms with Crippen molar-refractivity contribution in [1.29, 1.82) is 0 Å². The second-order valence-corrected chi connectivity index (χ2v) is 3.80. The van der Waals surface area contributed by atoms with Gasteiger partial charge < -0.3 is 9.84 Å². The summed E-state index contributed by atoms with van der Waals surface area (Å²) >= 11 is 0. The molecule has 0 saturated heterocycles. The van der Waals surface area contributed by atoms with Crippen molar-refractivity contribution >= 4 is 11.9 Å². The van der Waals surface area contributed by atoms with E-state index in [9.17, 15) is 9.59 Å². The number of fused-ring (bicyclic) bond motifs is 1. The van der Waals surface area contributed by atoms with Crippen molar-refractivity contribution in [3.05, 3.63) is 12.2 Å². The van der Waals surface area contributed by atoms with Gasteiger partial charge in [-0.05, 0) is 18.8 Å². The fraction of sp³-hybridized carbons (Fsp3) is 0.600. The highest BCUT2D eigenvalue weighted by Crippen LogP contribution is 2.64. The zero-order valence-corrected chi connectivity index (χ0v) is 7.90. The molecule has 0 amide bonds. The molecule has 3 atom stereocenters. The molecule has 1 saturated carbocycles. The topological polar surface area (TPSA) is 63.6 Å². The number of carbonyl (C=O) groups excluding carboxylic acids is 1. The van der Waals surface area contributed by atoms with Crippen molar-refractivity contribution in [3.8, 4) is 0 Å². The summed E-state index contributed by atoms with van der Waals surface area (Å²) in [6.45, 7) is 0. The smallest absolute Gasteiger partial charge is 0.324 e. The van der Waals surface area contributed by atoms with Crippen LogP contribution in [0.1, 0.15) is 12.8 Å². The Morgan fingerprint density at radius 3 is 2.71 bits per heavy atom. The van der Waals surface area contributed by atoms with Gasteiger partial charge in [0.15, 0.2) is 5.41 Å². The first-order valence-corrected chi connectivity index (χ1v) is 4.64. The zero-order valence-electron chi connectivity index (χ0n) is 7.90. The lowest BCUT2D eigenvalue weighted by molar-refractivity contribution is -0.160. The van der Waals surface area contributed by atoms with Crippen LogP contribution in [0.2, 0.25) is 0 Å². The number of methoxy groups -OCH3 is 1. The number of hydrogen-bond acceptors (Lipinski definition) is 3. The predicted octanol–water partition coefficient (Wildman–Crippen LogP) is 0.826. The minimum Gasteiger partial charge on any atom is -0.480 e. The standard InChI is InChI=1S/C10H12O4/c1-14-9(13)10(8(11)12)6-4-2-3-5-7(6)10/h2,4,6-7H,3,5H2,1H3,(H,11,12). The lowest BCUT2D eigenvalue weighted by Crippen LogP contribution is -2.30. The number of ether oxygens (including phenoxy) is 1. The summed E-state index contributed by atoms with van der Waals surface area (Å²) in [5.41, 5.74) is -1.28. The Morgan fingerprint density at radius 2 is 2.29 bits per heavy atom. The number of hydrogen-bond donors (Lipinski definition) is 1. The van der Waals surface area contributed by atoms with E-state index >= 15 is 0 Å². The normalized spacial score (nSPS) is 38.6. The SMILES string of the molecule is COC(=O)C1(C(=O)O)C2C=CCCC21. The van der Waals surface area contributed by atoms with Gasteiger partial charge in [-0.2, -0.15) is 0 Å². The van der Waals surface area contributed by atoms with E-state index in [2.05, 4.69) is 4.74 Å². The third-order valence-electron chi connectivity index (χ3n) is 3.30. The Labute approximate surface area is 81.6 Å². The molecule has 1 N–H and O–H groups in total. The fourth-order valence-corrected chi connectivity index (χ4v) is 2.55. The van der Waals surface area contributed by atoms with Crippen LogP contribution in [0.25, 0.3) is 0 Å². The predicted molar refractivity (Wildman–Crippen MR) is 47.4 cm³/mol. The Hall–Kier alpha value is -1.32. The van der Waals surface area contributed by atoms with Crippen LogP contribution in [0.15, 0.2) is 12.2 Å². The molecular weight excluding hydrogens is 184 g/mol. The molecule has 0 aromatic carbocycles. The number of aliphatic carboxylic acids is 1. The molecule has 2 aliphatic carbocycles. The highest BCUT2D eigenvalue weighted by molar-refractivity contribution is 6.04. The minimum absolute atomic E-state index is 0.0579. The number of carboxylic acid groups (broad SMARTS) is 1. The molecule has 0 aliphatic heterocycles. The molecule has 76 valence electrons. The van der Waals surface area contributed by atoms with Crippen molar-refractivity contribution in [2.75, 3.05) is 7.11 Å². The van der Waals surface area contributed by atoms with Crippen molar-refractivity contribution in [2.24, 2.45) is 17.3 Å². The van der Waals surface area contributed by atoms with E-state index in [1.807, 2.05) is 12.2 Å². The van der Waals surface area contributed by atoms with Crippen LogP contribution in [0.5, 0.6) is 0 Å². The van der Waals surface area contributed by atoms with Gasteiger partial charge in [0, 0.05) is 5.92 Å². The maximum absolute atomic E-state index is 11.5. The summed E-state index contributed by atoms with van der Waals surface area (Å²) in [6.07, 6.45) is 5.39. The van der Waals surface area contributed by atoms with Gasteiger partial charge in [0.1, 0.15) is 0 Å². The van der Waals surface area contributed by atoms with Crippen molar-refractivity contribution in [3.63, 3.8) is 0 Å². The van der Waals surface area contributed by atoms with Gasteiger partial charge in [-0.1, -0.05) is 12.2 Å². The maximum Gasteiger partial charge on any atom is 0.324 e. The van der Waals surface area contributed by atoms with Crippen molar-refractivity contribution in [2.45, 2.75) is 12.8 Å². The second-order valence-electron chi connectivity index (χ2n) is 3.80. The molecule has 0 heterocycles. The molecular formula is C10H12O4. The molecule has 0 aromatic rings. The number of esters is 1. The van der Waals surface area contributed by atoms with Gasteiger partial charge in [0.05, 0.1) is 7.11 Å². The van der Waals surface area contributed by atoms with Crippen LogP contribution in [-0.2, 0) is 14.3 Å². The van der Waals surface area contributed by atoms with Gasteiger partial charge in [0.2, 0.25) is 0 Å². The maximum atomic E-state index is 11.5. The molecule has 4 nitrogen and oxygen atoms in total. The third-order valence-corrected chi connectivity index (χ3v) is 3.30. The Kier molecular flexibility index (Phi) is 1.87. The minimum atomic E-state index is -1.28. The van der Waals surface area contributed by atoms with E-state index in [1.54, 1.807) is 0 Å². The molecule has 0 radical (unpaired) electrons. The van der Waals surface area contributed by atoms with Gasteiger partial charge >= 0.3 is 11.9 Å². The van der Waals surface area contributed by atoms with E-state index in [4.69, 9.17) is 5.11 Å². The summed E-state index contributed by atoms with van der Waals surface area (Å²) < 4.78 is 4.58. The first kappa shape index (κ1) is 9.24. The van der Waals surface area contributed by atoms with Gasteiger partial charge in [-0.15, -0.1) is 0 Å². The van der Waals surface area contributed by atoms with Crippen LogP contribution in [0.3, 0.4) is 0 Å². The van der Waals surface area contributed by atoms with E-state index in [0.29, 0.717) is 0 Å². The summed E-state index contributed by atoms with van der Waals surface area (Å²) in [4.78, 5) is 22.6. The summed E-state index contributed by atoms with van der Waals surface area (Å²) in [6, 6.07) is 0. The molecule has 3 unspecified atom stereocenters. The van der Waals surface area contributed by atoms with Crippen LogP contribution in [0, 0.1) is 17.3 Å². The molecule has 4 heteroatoms. The van der Waals surface area contributed by atoms with Gasteiger partial charge in [0.25, 0.3) is 0 Å². The number of carbonyl (C=O) groups is 2. The van der Waals surface area contributed by atoms with Crippen LogP contribution < -0.4 is 0 Å².